The minimum Gasteiger partial charge on any atom is -0.394 e. The summed E-state index contributed by atoms with van der Waals surface area (Å²) in [5.41, 5.74) is 0. The average Bonchev–Trinajstić information content (AvgIpc) is 2.28. The Hall–Kier alpha value is -0.530. The van der Waals surface area contributed by atoms with Gasteiger partial charge in [0.25, 0.3) is 0 Å². The summed E-state index contributed by atoms with van der Waals surface area (Å²) in [6, 6.07) is 0. The predicted molar refractivity (Wildman–Crippen MR) is 51.5 cm³/mol. The number of aliphatic hydroxyl groups is 2. The second-order valence-corrected chi connectivity index (χ2v) is 2.99. The Labute approximate surface area is 88.7 Å². The molecular weight excluding hydrogens is 204 g/mol. The molecule has 0 spiro atoms. The summed E-state index contributed by atoms with van der Waals surface area (Å²) in [4.78, 5) is 10.7. The number of methoxy groups -OCH3 is 3. The molecule has 0 fully saturated rings. The Kier molecular flexibility index (Phi) is 7.45. The lowest BCUT2D eigenvalue weighted by molar-refractivity contribution is -0.155. The molecule has 0 bridgehead atoms. The van der Waals surface area contributed by atoms with Crippen molar-refractivity contribution in [3.05, 3.63) is 0 Å². The van der Waals surface area contributed by atoms with Gasteiger partial charge in [0.2, 0.25) is 0 Å². The zero-order chi connectivity index (χ0) is 11.8. The van der Waals surface area contributed by atoms with Crippen LogP contribution in [0.1, 0.15) is 0 Å². The minimum absolute atomic E-state index is 0.479. The number of carbonyl (C=O) groups excluding carboxylic acids is 1. The highest BCUT2D eigenvalue weighted by Gasteiger charge is 2.34. The van der Waals surface area contributed by atoms with E-state index in [0.29, 0.717) is 6.29 Å². The summed E-state index contributed by atoms with van der Waals surface area (Å²) in [6.07, 6.45) is -3.00. The molecule has 0 aliphatic carbocycles. The highest BCUT2D eigenvalue weighted by molar-refractivity contribution is 5.57. The van der Waals surface area contributed by atoms with Crippen LogP contribution in [0.4, 0.5) is 0 Å². The van der Waals surface area contributed by atoms with Crippen molar-refractivity contribution in [1.29, 1.82) is 0 Å². The molecule has 0 aliphatic rings. The summed E-state index contributed by atoms with van der Waals surface area (Å²) in [6.45, 7) is -0.479. The van der Waals surface area contributed by atoms with Crippen molar-refractivity contribution in [2.24, 2.45) is 0 Å². The van der Waals surface area contributed by atoms with Crippen LogP contribution < -0.4 is 0 Å². The van der Waals surface area contributed by atoms with Gasteiger partial charge in [-0.2, -0.15) is 0 Å². The predicted octanol–water partition coefficient (Wildman–Crippen LogP) is -1.42. The number of hydrogen-bond acceptors (Lipinski definition) is 6. The molecule has 0 aliphatic heterocycles. The van der Waals surface area contributed by atoms with Crippen LogP contribution in [-0.2, 0) is 19.0 Å². The maximum atomic E-state index is 10.7. The quantitative estimate of drug-likeness (QED) is 0.490. The van der Waals surface area contributed by atoms with Crippen molar-refractivity contribution in [2.45, 2.75) is 24.4 Å². The third-order valence-corrected chi connectivity index (χ3v) is 2.16. The van der Waals surface area contributed by atoms with E-state index in [9.17, 15) is 9.90 Å². The number of carbonyl (C=O) groups is 1. The van der Waals surface area contributed by atoms with E-state index >= 15 is 0 Å². The van der Waals surface area contributed by atoms with Crippen molar-refractivity contribution in [1.82, 2.24) is 0 Å². The van der Waals surface area contributed by atoms with E-state index in [1.54, 1.807) is 0 Å². The Morgan fingerprint density at radius 3 is 1.93 bits per heavy atom. The molecule has 0 unspecified atom stereocenters. The van der Waals surface area contributed by atoms with Gasteiger partial charge < -0.3 is 29.2 Å². The topological polar surface area (TPSA) is 85.2 Å². The van der Waals surface area contributed by atoms with Gasteiger partial charge in [0.15, 0.2) is 6.29 Å². The zero-order valence-corrected chi connectivity index (χ0v) is 9.12. The van der Waals surface area contributed by atoms with E-state index in [0.717, 1.165) is 0 Å². The molecule has 90 valence electrons. The van der Waals surface area contributed by atoms with Gasteiger partial charge in [-0.05, 0) is 0 Å². The van der Waals surface area contributed by atoms with Crippen LogP contribution in [0.3, 0.4) is 0 Å². The molecular formula is C9H18O6. The lowest BCUT2D eigenvalue weighted by Crippen LogP contribution is -2.49. The number of aliphatic hydroxyl groups excluding tert-OH is 2. The molecule has 0 heterocycles. The second kappa shape index (κ2) is 7.72. The maximum absolute atomic E-state index is 10.7. The first-order valence-electron chi connectivity index (χ1n) is 4.48. The Morgan fingerprint density at radius 2 is 1.67 bits per heavy atom. The zero-order valence-electron chi connectivity index (χ0n) is 9.12. The van der Waals surface area contributed by atoms with Crippen LogP contribution in [0.5, 0.6) is 0 Å². The molecule has 0 saturated carbocycles. The van der Waals surface area contributed by atoms with Gasteiger partial charge in [-0.15, -0.1) is 0 Å². The molecule has 15 heavy (non-hydrogen) atoms. The molecule has 0 amide bonds. The van der Waals surface area contributed by atoms with Gasteiger partial charge >= 0.3 is 0 Å². The van der Waals surface area contributed by atoms with E-state index in [1.165, 1.54) is 21.3 Å². The number of rotatable bonds is 8. The molecule has 0 radical (unpaired) electrons. The van der Waals surface area contributed by atoms with Crippen LogP contribution in [0.2, 0.25) is 0 Å². The normalized spacial score (nSPS) is 19.3. The van der Waals surface area contributed by atoms with E-state index in [2.05, 4.69) is 0 Å². The molecule has 4 atom stereocenters. The largest absolute Gasteiger partial charge is 0.394 e. The Balaban J connectivity index is 4.64. The summed E-state index contributed by atoms with van der Waals surface area (Å²) in [5, 5.41) is 18.2. The van der Waals surface area contributed by atoms with Gasteiger partial charge in [-0.3, -0.25) is 0 Å². The fraction of sp³-hybridized carbons (Fsp3) is 0.889. The molecule has 0 saturated heterocycles. The maximum Gasteiger partial charge on any atom is 0.151 e. The molecule has 0 rings (SSSR count). The SMILES string of the molecule is CO[C@H]([C@H](OC)[C@H](O)CO)[C@H](C=O)OC. The highest BCUT2D eigenvalue weighted by Crippen LogP contribution is 2.12. The first-order valence-corrected chi connectivity index (χ1v) is 4.48. The van der Waals surface area contributed by atoms with Crippen molar-refractivity contribution in [2.75, 3.05) is 27.9 Å². The second-order valence-electron chi connectivity index (χ2n) is 2.99. The fourth-order valence-electron chi connectivity index (χ4n) is 1.34. The average molecular weight is 222 g/mol. The Morgan fingerprint density at radius 1 is 1.13 bits per heavy atom. The third kappa shape index (κ3) is 3.84. The van der Waals surface area contributed by atoms with E-state index < -0.39 is 31.0 Å². The fourth-order valence-corrected chi connectivity index (χ4v) is 1.34. The van der Waals surface area contributed by atoms with Gasteiger partial charge in [-0.25, -0.2) is 0 Å². The standard InChI is InChI=1S/C9H18O6/c1-13-7(5-11)9(15-3)8(14-2)6(12)4-10/h5-10,12H,4H2,1-3H3/t6-,7+,8-,9+/m1/s1. The molecule has 0 aromatic carbocycles. The van der Waals surface area contributed by atoms with Gasteiger partial charge in [0, 0.05) is 21.3 Å². The summed E-state index contributed by atoms with van der Waals surface area (Å²) in [5.74, 6) is 0. The van der Waals surface area contributed by atoms with Crippen molar-refractivity contribution < 1.29 is 29.2 Å². The summed E-state index contributed by atoms with van der Waals surface area (Å²) in [7, 11) is 4.08. The first kappa shape index (κ1) is 14.5. The van der Waals surface area contributed by atoms with E-state index in [-0.39, 0.29) is 0 Å². The van der Waals surface area contributed by atoms with E-state index in [4.69, 9.17) is 19.3 Å². The third-order valence-electron chi connectivity index (χ3n) is 2.16. The summed E-state index contributed by atoms with van der Waals surface area (Å²) < 4.78 is 14.8. The highest BCUT2D eigenvalue weighted by atomic mass is 16.6. The van der Waals surface area contributed by atoms with Crippen LogP contribution in [0, 0.1) is 0 Å². The lowest BCUT2D eigenvalue weighted by atomic mass is 10.0. The first-order chi connectivity index (χ1) is 7.15. The number of ether oxygens (including phenoxy) is 3. The Bertz CT molecular complexity index is 174. The molecule has 2 N–H and O–H groups in total. The van der Waals surface area contributed by atoms with Crippen LogP contribution in [0.15, 0.2) is 0 Å². The van der Waals surface area contributed by atoms with Gasteiger partial charge in [-0.1, -0.05) is 0 Å². The van der Waals surface area contributed by atoms with Crippen molar-refractivity contribution in [3.8, 4) is 0 Å². The number of aldehydes is 1. The monoisotopic (exact) mass is 222 g/mol. The minimum atomic E-state index is -1.13. The number of hydrogen-bond donors (Lipinski definition) is 2. The smallest absolute Gasteiger partial charge is 0.151 e. The van der Waals surface area contributed by atoms with Crippen molar-refractivity contribution in [3.63, 3.8) is 0 Å². The molecule has 0 aromatic heterocycles. The molecule has 0 aromatic rings. The van der Waals surface area contributed by atoms with Crippen LogP contribution in [-0.4, -0.2) is 68.9 Å². The van der Waals surface area contributed by atoms with Gasteiger partial charge in [0.1, 0.15) is 24.4 Å². The van der Waals surface area contributed by atoms with Gasteiger partial charge in [0.05, 0.1) is 6.61 Å². The van der Waals surface area contributed by atoms with Crippen LogP contribution in [0.25, 0.3) is 0 Å². The van der Waals surface area contributed by atoms with E-state index in [1.807, 2.05) is 0 Å². The van der Waals surface area contributed by atoms with Crippen molar-refractivity contribution >= 4 is 6.29 Å². The summed E-state index contributed by atoms with van der Waals surface area (Å²) >= 11 is 0. The molecule has 6 nitrogen and oxygen atoms in total. The van der Waals surface area contributed by atoms with Crippen LogP contribution >= 0.6 is 0 Å². The molecule has 6 heteroatoms. The lowest BCUT2D eigenvalue weighted by Gasteiger charge is -2.30.